The molecule has 1 aromatic rings. The molecule has 4 nitrogen and oxygen atoms in total. The molecule has 4 heteroatoms. The molecule has 0 aliphatic heterocycles. The summed E-state index contributed by atoms with van der Waals surface area (Å²) in [4.78, 5) is 13.2. The highest BCUT2D eigenvalue weighted by molar-refractivity contribution is 5.69. The van der Waals surface area contributed by atoms with Crippen molar-refractivity contribution < 1.29 is 14.3 Å². The first-order chi connectivity index (χ1) is 10.0. The van der Waals surface area contributed by atoms with E-state index in [4.69, 9.17) is 4.74 Å². The number of hydrogen-bond donors (Lipinski definition) is 0. The van der Waals surface area contributed by atoms with Gasteiger partial charge in [-0.2, -0.15) is 0 Å². The number of rotatable bonds is 9. The molecule has 0 radical (unpaired) electrons. The number of methoxy groups -OCH3 is 1. The molecule has 0 N–H and O–H groups in total. The average molecular weight is 293 g/mol. The summed E-state index contributed by atoms with van der Waals surface area (Å²) in [5.74, 6) is 0.838. The predicted octanol–water partition coefficient (Wildman–Crippen LogP) is 2.96. The maximum atomic E-state index is 11.0. The van der Waals surface area contributed by atoms with Gasteiger partial charge in [-0.25, -0.2) is 0 Å². The molecule has 0 aliphatic carbocycles. The summed E-state index contributed by atoms with van der Waals surface area (Å²) < 4.78 is 10.5. The molecule has 0 fully saturated rings. The van der Waals surface area contributed by atoms with Crippen LogP contribution in [0.1, 0.15) is 30.4 Å². The van der Waals surface area contributed by atoms with Gasteiger partial charge in [-0.15, -0.1) is 0 Å². The molecule has 0 heterocycles. The van der Waals surface area contributed by atoms with Crippen molar-refractivity contribution in [3.8, 4) is 5.75 Å². The van der Waals surface area contributed by atoms with E-state index in [0.717, 1.165) is 31.7 Å². The first-order valence-corrected chi connectivity index (χ1v) is 7.48. The van der Waals surface area contributed by atoms with Crippen LogP contribution in [-0.4, -0.2) is 44.7 Å². The predicted molar refractivity (Wildman–Crippen MR) is 84.8 cm³/mol. The lowest BCUT2D eigenvalue weighted by molar-refractivity contribution is -0.140. The minimum Gasteiger partial charge on any atom is -0.493 e. The van der Waals surface area contributed by atoms with Crippen molar-refractivity contribution in [2.24, 2.45) is 0 Å². The minimum atomic E-state index is -0.137. The highest BCUT2D eigenvalue weighted by Gasteiger charge is 2.04. The quantitative estimate of drug-likeness (QED) is 0.518. The molecule has 0 saturated heterocycles. The van der Waals surface area contributed by atoms with E-state index >= 15 is 0 Å². The fourth-order valence-electron chi connectivity index (χ4n) is 2.09. The Bertz CT molecular complexity index is 446. The Kier molecular flexibility index (Phi) is 7.83. The van der Waals surface area contributed by atoms with Gasteiger partial charge in [0.15, 0.2) is 0 Å². The lowest BCUT2D eigenvalue weighted by Crippen LogP contribution is -2.23. The third-order valence-corrected chi connectivity index (χ3v) is 3.43. The van der Waals surface area contributed by atoms with Gasteiger partial charge in [0.1, 0.15) is 5.75 Å². The second kappa shape index (κ2) is 9.40. The van der Waals surface area contributed by atoms with Crippen molar-refractivity contribution in [3.05, 3.63) is 29.3 Å². The molecule has 0 atom stereocenters. The number of carbonyl (C=O) groups is 1. The number of carbonyl (C=O) groups excluding carboxylic acids is 1. The van der Waals surface area contributed by atoms with E-state index in [1.165, 1.54) is 18.2 Å². The number of hydrogen-bond acceptors (Lipinski definition) is 4. The molecule has 0 saturated carbocycles. The van der Waals surface area contributed by atoms with Gasteiger partial charge in [-0.1, -0.05) is 12.1 Å². The van der Waals surface area contributed by atoms with Crippen LogP contribution in [0.25, 0.3) is 0 Å². The van der Waals surface area contributed by atoms with Crippen LogP contribution in [0.3, 0.4) is 0 Å². The van der Waals surface area contributed by atoms with E-state index in [1.807, 2.05) is 0 Å². The number of aryl methyl sites for hydroxylation is 2. The van der Waals surface area contributed by atoms with Crippen LogP contribution in [0.15, 0.2) is 18.2 Å². The Morgan fingerprint density at radius 2 is 1.90 bits per heavy atom. The number of nitrogens with zero attached hydrogens (tertiary/aromatic N) is 1. The van der Waals surface area contributed by atoms with Crippen molar-refractivity contribution in [2.75, 3.05) is 33.9 Å². The lowest BCUT2D eigenvalue weighted by atomic mass is 10.1. The Morgan fingerprint density at radius 3 is 2.62 bits per heavy atom. The molecular formula is C17H27NO3. The zero-order valence-electron chi connectivity index (χ0n) is 13.6. The van der Waals surface area contributed by atoms with Gasteiger partial charge < -0.3 is 14.4 Å². The van der Waals surface area contributed by atoms with Crippen LogP contribution in [-0.2, 0) is 9.53 Å². The van der Waals surface area contributed by atoms with Gasteiger partial charge in [-0.05, 0) is 57.5 Å². The molecular weight excluding hydrogens is 266 g/mol. The average Bonchev–Trinajstić information content (AvgIpc) is 2.46. The number of ether oxygens (including phenoxy) is 2. The molecule has 0 aromatic heterocycles. The number of esters is 1. The second-order valence-electron chi connectivity index (χ2n) is 5.45. The Labute approximate surface area is 128 Å². The van der Waals surface area contributed by atoms with Gasteiger partial charge in [-0.3, -0.25) is 4.79 Å². The van der Waals surface area contributed by atoms with Gasteiger partial charge in [0.25, 0.3) is 0 Å². The van der Waals surface area contributed by atoms with Gasteiger partial charge in [0.2, 0.25) is 0 Å². The van der Waals surface area contributed by atoms with E-state index < -0.39 is 0 Å². The topological polar surface area (TPSA) is 38.8 Å². The van der Waals surface area contributed by atoms with Crippen LogP contribution in [0.4, 0.5) is 0 Å². The molecule has 118 valence electrons. The fourth-order valence-corrected chi connectivity index (χ4v) is 2.09. The molecule has 21 heavy (non-hydrogen) atoms. The largest absolute Gasteiger partial charge is 0.493 e. The van der Waals surface area contributed by atoms with Crippen LogP contribution in [0.2, 0.25) is 0 Å². The third-order valence-electron chi connectivity index (χ3n) is 3.43. The molecule has 0 aliphatic rings. The van der Waals surface area contributed by atoms with Crippen molar-refractivity contribution in [1.82, 2.24) is 4.90 Å². The molecule has 0 spiro atoms. The molecule has 1 rings (SSSR count). The zero-order valence-corrected chi connectivity index (χ0v) is 13.6. The van der Waals surface area contributed by atoms with Crippen molar-refractivity contribution in [3.63, 3.8) is 0 Å². The van der Waals surface area contributed by atoms with E-state index in [2.05, 4.69) is 48.7 Å². The molecule has 1 aromatic carbocycles. The van der Waals surface area contributed by atoms with Gasteiger partial charge in [0, 0.05) is 13.0 Å². The lowest BCUT2D eigenvalue weighted by Gasteiger charge is -2.16. The Morgan fingerprint density at radius 1 is 1.19 bits per heavy atom. The first-order valence-electron chi connectivity index (χ1n) is 7.48. The first kappa shape index (κ1) is 17.5. The smallest absolute Gasteiger partial charge is 0.305 e. The fraction of sp³-hybridized carbons (Fsp3) is 0.588. The van der Waals surface area contributed by atoms with Crippen LogP contribution in [0, 0.1) is 13.8 Å². The summed E-state index contributed by atoms with van der Waals surface area (Å²) in [6.07, 6.45) is 2.29. The number of benzene rings is 1. The Balaban J connectivity index is 2.16. The van der Waals surface area contributed by atoms with Crippen molar-refractivity contribution in [1.29, 1.82) is 0 Å². The van der Waals surface area contributed by atoms with Gasteiger partial charge in [0.05, 0.1) is 13.7 Å². The summed E-state index contributed by atoms with van der Waals surface area (Å²) in [5.41, 5.74) is 2.39. The summed E-state index contributed by atoms with van der Waals surface area (Å²) in [6, 6.07) is 6.26. The summed E-state index contributed by atoms with van der Waals surface area (Å²) in [6.45, 7) is 6.71. The second-order valence-corrected chi connectivity index (χ2v) is 5.45. The van der Waals surface area contributed by atoms with E-state index in [0.29, 0.717) is 13.0 Å². The summed E-state index contributed by atoms with van der Waals surface area (Å²) in [7, 11) is 3.49. The van der Waals surface area contributed by atoms with E-state index in [9.17, 15) is 4.79 Å². The van der Waals surface area contributed by atoms with Gasteiger partial charge >= 0.3 is 5.97 Å². The highest BCUT2D eigenvalue weighted by Crippen LogP contribution is 2.19. The van der Waals surface area contributed by atoms with Crippen LogP contribution >= 0.6 is 0 Å². The Hall–Kier alpha value is -1.55. The summed E-state index contributed by atoms with van der Waals surface area (Å²) >= 11 is 0. The zero-order chi connectivity index (χ0) is 15.7. The molecule has 0 amide bonds. The summed E-state index contributed by atoms with van der Waals surface area (Å²) in [5, 5.41) is 0. The maximum Gasteiger partial charge on any atom is 0.305 e. The molecule has 0 bridgehead atoms. The molecule has 0 unspecified atom stereocenters. The van der Waals surface area contributed by atoms with Crippen LogP contribution < -0.4 is 4.74 Å². The highest BCUT2D eigenvalue weighted by atomic mass is 16.5. The van der Waals surface area contributed by atoms with Crippen LogP contribution in [0.5, 0.6) is 5.75 Å². The van der Waals surface area contributed by atoms with Crippen molar-refractivity contribution in [2.45, 2.75) is 33.1 Å². The maximum absolute atomic E-state index is 11.0. The minimum absolute atomic E-state index is 0.137. The third kappa shape index (κ3) is 7.14. The SMILES string of the molecule is COC(=O)CCCN(C)CCCOc1cc(C)ccc1C. The monoisotopic (exact) mass is 293 g/mol. The van der Waals surface area contributed by atoms with E-state index in [1.54, 1.807) is 0 Å². The van der Waals surface area contributed by atoms with Crippen molar-refractivity contribution >= 4 is 5.97 Å². The normalized spacial score (nSPS) is 10.7. The van der Waals surface area contributed by atoms with E-state index in [-0.39, 0.29) is 5.97 Å². The standard InChI is InChI=1S/C17H27NO3/c1-14-8-9-15(2)16(13-14)21-12-6-11-18(3)10-5-7-17(19)20-4/h8-9,13H,5-7,10-12H2,1-4H3.